The molecule has 1 aromatic heterocycles. The Hall–Kier alpha value is -2.09. The number of nitrogens with zero attached hydrogens (tertiary/aromatic N) is 2. The highest BCUT2D eigenvalue weighted by Gasteiger charge is 2.17. The Bertz CT molecular complexity index is 1010. The second-order valence-electron chi connectivity index (χ2n) is 4.60. The van der Waals surface area contributed by atoms with E-state index in [-0.39, 0.29) is 21.5 Å². The van der Waals surface area contributed by atoms with E-state index in [0.29, 0.717) is 15.9 Å². The van der Waals surface area contributed by atoms with E-state index in [1.807, 2.05) is 0 Å². The van der Waals surface area contributed by atoms with Crippen LogP contribution in [0.2, 0.25) is 10.0 Å². The van der Waals surface area contributed by atoms with Gasteiger partial charge in [0.15, 0.2) is 5.69 Å². The van der Waals surface area contributed by atoms with Gasteiger partial charge in [-0.3, -0.25) is 0 Å². The second-order valence-corrected chi connectivity index (χ2v) is 7.03. The quantitative estimate of drug-likeness (QED) is 0.657. The lowest BCUT2D eigenvalue weighted by Gasteiger charge is -1.97. The summed E-state index contributed by atoms with van der Waals surface area (Å²) in [5.41, 5.74) is 0.337. The number of aromatic hydroxyl groups is 1. The van der Waals surface area contributed by atoms with Crippen molar-refractivity contribution in [3.8, 4) is 5.88 Å². The third-order valence-electron chi connectivity index (χ3n) is 3.07. The maximum atomic E-state index is 12.1. The van der Waals surface area contributed by atoms with E-state index < -0.39 is 10.0 Å². The molecule has 0 aliphatic rings. The molecule has 0 aliphatic carbocycles. The van der Waals surface area contributed by atoms with Crippen LogP contribution in [0.25, 0.3) is 10.9 Å². The fraction of sp³-hybridized carbons (Fsp3) is 0. The topological polar surface area (TPSA) is 94.9 Å². The van der Waals surface area contributed by atoms with Gasteiger partial charge in [0, 0.05) is 10.4 Å². The first-order valence-corrected chi connectivity index (χ1v) is 8.51. The number of hydrogen-bond acceptors (Lipinski definition) is 4. The number of H-pyrrole nitrogens is 1. The summed E-state index contributed by atoms with van der Waals surface area (Å²) in [4.78, 5) is 2.61. The summed E-state index contributed by atoms with van der Waals surface area (Å²) in [5.74, 6) is -0.351. The minimum atomic E-state index is -3.97. The molecule has 23 heavy (non-hydrogen) atoms. The van der Waals surface area contributed by atoms with E-state index in [4.69, 9.17) is 23.2 Å². The van der Waals surface area contributed by atoms with Crippen molar-refractivity contribution in [3.05, 3.63) is 52.5 Å². The van der Waals surface area contributed by atoms with Gasteiger partial charge in [-0.15, -0.1) is 5.11 Å². The van der Waals surface area contributed by atoms with Crippen molar-refractivity contribution >= 4 is 49.8 Å². The molecule has 1 heterocycles. The normalized spacial score (nSPS) is 12.3. The molecular weight excluding hydrogens is 361 g/mol. The van der Waals surface area contributed by atoms with Crippen LogP contribution in [0.1, 0.15) is 0 Å². The van der Waals surface area contributed by atoms with Crippen molar-refractivity contribution in [1.82, 2.24) is 4.98 Å². The number of sulfonamides is 1. The van der Waals surface area contributed by atoms with Crippen molar-refractivity contribution in [3.63, 3.8) is 0 Å². The van der Waals surface area contributed by atoms with Gasteiger partial charge in [-0.05, 0) is 24.3 Å². The number of aromatic nitrogens is 1. The van der Waals surface area contributed by atoms with Crippen LogP contribution in [-0.4, -0.2) is 18.5 Å². The highest BCUT2D eigenvalue weighted by Crippen LogP contribution is 2.40. The zero-order valence-electron chi connectivity index (χ0n) is 11.4. The SMILES string of the molecule is O=S(=O)(N=Nc1c(O)[nH]c2c(Cl)cc(Cl)cc12)c1ccccc1. The molecule has 9 heteroatoms. The average Bonchev–Trinajstić information content (AvgIpc) is 2.82. The fourth-order valence-electron chi connectivity index (χ4n) is 2.03. The highest BCUT2D eigenvalue weighted by atomic mass is 35.5. The summed E-state index contributed by atoms with van der Waals surface area (Å²) in [6, 6.07) is 10.6. The molecule has 0 bridgehead atoms. The number of benzene rings is 2. The lowest BCUT2D eigenvalue weighted by Crippen LogP contribution is -1.94. The lowest BCUT2D eigenvalue weighted by molar-refractivity contribution is 0.459. The largest absolute Gasteiger partial charge is 0.493 e. The van der Waals surface area contributed by atoms with Crippen LogP contribution in [0.3, 0.4) is 0 Å². The Labute approximate surface area is 141 Å². The van der Waals surface area contributed by atoms with Gasteiger partial charge >= 0.3 is 0 Å². The van der Waals surface area contributed by atoms with Gasteiger partial charge in [-0.1, -0.05) is 45.9 Å². The molecule has 3 aromatic rings. The molecule has 0 atom stereocenters. The number of halogens is 2. The molecule has 2 aromatic carbocycles. The predicted molar refractivity (Wildman–Crippen MR) is 88.1 cm³/mol. The first-order chi connectivity index (χ1) is 10.9. The summed E-state index contributed by atoms with van der Waals surface area (Å²) < 4.78 is 27.6. The molecular formula is C14H9Cl2N3O3S. The summed E-state index contributed by atoms with van der Waals surface area (Å²) in [5, 5.41) is 14.5. The second kappa shape index (κ2) is 5.84. The fourth-order valence-corrected chi connectivity index (χ4v) is 3.35. The van der Waals surface area contributed by atoms with Crippen molar-refractivity contribution in [2.75, 3.05) is 0 Å². The zero-order chi connectivity index (χ0) is 16.6. The molecule has 118 valence electrons. The molecule has 0 saturated heterocycles. The molecule has 0 amide bonds. The Morgan fingerprint density at radius 1 is 1.09 bits per heavy atom. The van der Waals surface area contributed by atoms with Gasteiger partial charge in [0.1, 0.15) is 0 Å². The van der Waals surface area contributed by atoms with Gasteiger partial charge < -0.3 is 10.1 Å². The van der Waals surface area contributed by atoms with Crippen molar-refractivity contribution in [2.45, 2.75) is 4.90 Å². The summed E-state index contributed by atoms with van der Waals surface area (Å²) >= 11 is 11.9. The maximum Gasteiger partial charge on any atom is 0.299 e. The van der Waals surface area contributed by atoms with Gasteiger partial charge in [-0.2, -0.15) is 8.42 Å². The summed E-state index contributed by atoms with van der Waals surface area (Å²) in [6.45, 7) is 0. The predicted octanol–water partition coefficient (Wildman–Crippen LogP) is 4.65. The Kier molecular flexibility index (Phi) is 4.01. The maximum absolute atomic E-state index is 12.1. The Morgan fingerprint density at radius 2 is 1.78 bits per heavy atom. The number of nitrogens with one attached hydrogen (secondary N) is 1. The van der Waals surface area contributed by atoms with Crippen LogP contribution in [0.5, 0.6) is 5.88 Å². The van der Waals surface area contributed by atoms with Crippen LogP contribution in [0.15, 0.2) is 57.0 Å². The Balaban J connectivity index is 2.10. The van der Waals surface area contributed by atoms with Gasteiger partial charge in [0.2, 0.25) is 5.88 Å². The molecule has 0 radical (unpaired) electrons. The molecule has 0 saturated carbocycles. The van der Waals surface area contributed by atoms with Crippen molar-refractivity contribution in [1.29, 1.82) is 0 Å². The molecule has 3 rings (SSSR count). The van der Waals surface area contributed by atoms with E-state index in [0.717, 1.165) is 0 Å². The molecule has 2 N–H and O–H groups in total. The van der Waals surface area contributed by atoms with Gasteiger partial charge in [0.05, 0.1) is 15.4 Å². The minimum Gasteiger partial charge on any atom is -0.493 e. The third kappa shape index (κ3) is 3.03. The number of hydrogen-bond donors (Lipinski definition) is 2. The van der Waals surface area contributed by atoms with Crippen molar-refractivity contribution in [2.24, 2.45) is 9.63 Å². The molecule has 0 aliphatic heterocycles. The number of aromatic amines is 1. The van der Waals surface area contributed by atoms with E-state index in [9.17, 15) is 13.5 Å². The summed E-state index contributed by atoms with van der Waals surface area (Å²) in [7, 11) is -3.97. The highest BCUT2D eigenvalue weighted by molar-refractivity contribution is 7.90. The minimum absolute atomic E-state index is 0.000791. The first kappa shape index (κ1) is 15.8. The lowest BCUT2D eigenvalue weighted by atomic mass is 10.2. The van der Waals surface area contributed by atoms with Crippen LogP contribution >= 0.6 is 23.2 Å². The Morgan fingerprint density at radius 3 is 2.48 bits per heavy atom. The number of rotatable bonds is 3. The van der Waals surface area contributed by atoms with E-state index in [2.05, 4.69) is 14.6 Å². The summed E-state index contributed by atoms with van der Waals surface area (Å²) in [6.07, 6.45) is 0. The van der Waals surface area contributed by atoms with E-state index in [1.165, 1.54) is 24.3 Å². The molecule has 0 unspecified atom stereocenters. The monoisotopic (exact) mass is 369 g/mol. The molecule has 0 fully saturated rings. The third-order valence-corrected chi connectivity index (χ3v) is 4.75. The van der Waals surface area contributed by atoms with Crippen molar-refractivity contribution < 1.29 is 13.5 Å². The van der Waals surface area contributed by atoms with Crippen LogP contribution in [-0.2, 0) is 10.0 Å². The van der Waals surface area contributed by atoms with Gasteiger partial charge in [0.25, 0.3) is 10.0 Å². The van der Waals surface area contributed by atoms with Crippen LogP contribution < -0.4 is 0 Å². The molecule has 0 spiro atoms. The van der Waals surface area contributed by atoms with Crippen LogP contribution in [0.4, 0.5) is 5.69 Å². The zero-order valence-corrected chi connectivity index (χ0v) is 13.7. The van der Waals surface area contributed by atoms with Gasteiger partial charge in [-0.25, -0.2) is 0 Å². The van der Waals surface area contributed by atoms with Crippen LogP contribution in [0, 0.1) is 0 Å². The first-order valence-electron chi connectivity index (χ1n) is 6.31. The van der Waals surface area contributed by atoms with E-state index >= 15 is 0 Å². The molecule has 6 nitrogen and oxygen atoms in total. The standard InChI is InChI=1S/C14H9Cl2N3O3S/c15-8-6-10-12(11(16)7-8)17-14(20)13(10)18-19-23(21,22)9-4-2-1-3-5-9/h1-7,17,20H. The van der Waals surface area contributed by atoms with E-state index in [1.54, 1.807) is 18.2 Å². The average molecular weight is 370 g/mol. The number of fused-ring (bicyclic) bond motifs is 1. The smallest absolute Gasteiger partial charge is 0.299 e.